The van der Waals surface area contributed by atoms with Gasteiger partial charge in [0.2, 0.25) is 11.8 Å². The lowest BCUT2D eigenvalue weighted by molar-refractivity contribution is -0.129. The van der Waals surface area contributed by atoms with E-state index >= 15 is 0 Å². The van der Waals surface area contributed by atoms with Gasteiger partial charge in [0.05, 0.1) is 5.54 Å². The summed E-state index contributed by atoms with van der Waals surface area (Å²) in [5.41, 5.74) is 5.36. The van der Waals surface area contributed by atoms with Crippen molar-refractivity contribution in [3.8, 4) is 0 Å². The van der Waals surface area contributed by atoms with Gasteiger partial charge in [0, 0.05) is 27.1 Å². The molecule has 5 heteroatoms. The molecule has 0 radical (unpaired) electrons. The van der Waals surface area contributed by atoms with Crippen LogP contribution in [0.5, 0.6) is 0 Å². The van der Waals surface area contributed by atoms with Crippen molar-refractivity contribution in [2.24, 2.45) is 5.73 Å². The minimum absolute atomic E-state index is 0.0139. The molecule has 0 aromatic rings. The van der Waals surface area contributed by atoms with E-state index in [-0.39, 0.29) is 11.8 Å². The standard InChI is InChI=1S/C12H23N3O2/c1-15(2)10(16)6-9-14-11(17)12(13)7-4-3-5-8-12/h3-9,13H2,1-2H3,(H,14,17). The quantitative estimate of drug-likeness (QED) is 0.740. The van der Waals surface area contributed by atoms with E-state index in [1.165, 1.54) is 4.90 Å². The lowest BCUT2D eigenvalue weighted by Gasteiger charge is -2.31. The molecule has 98 valence electrons. The molecular formula is C12H23N3O2. The van der Waals surface area contributed by atoms with E-state index in [1.807, 2.05) is 0 Å². The minimum Gasteiger partial charge on any atom is -0.354 e. The Morgan fingerprint density at radius 2 is 1.82 bits per heavy atom. The molecule has 1 rings (SSSR count). The molecule has 0 saturated heterocycles. The highest BCUT2D eigenvalue weighted by atomic mass is 16.2. The van der Waals surface area contributed by atoms with Crippen molar-refractivity contribution in [3.05, 3.63) is 0 Å². The number of carbonyl (C=O) groups is 2. The van der Waals surface area contributed by atoms with Crippen molar-refractivity contribution in [1.82, 2.24) is 10.2 Å². The maximum atomic E-state index is 11.9. The molecule has 5 nitrogen and oxygen atoms in total. The van der Waals surface area contributed by atoms with Gasteiger partial charge < -0.3 is 16.0 Å². The predicted octanol–water partition coefficient (Wildman–Crippen LogP) is 0.243. The van der Waals surface area contributed by atoms with Gasteiger partial charge in [-0.25, -0.2) is 0 Å². The van der Waals surface area contributed by atoms with E-state index in [4.69, 9.17) is 5.73 Å². The Kier molecular flexibility index (Phi) is 4.93. The van der Waals surface area contributed by atoms with Gasteiger partial charge in [-0.05, 0) is 12.8 Å². The number of nitrogens with two attached hydrogens (primary N) is 1. The summed E-state index contributed by atoms with van der Waals surface area (Å²) < 4.78 is 0. The SMILES string of the molecule is CN(C)C(=O)CCNC(=O)C1(N)CCCCC1. The smallest absolute Gasteiger partial charge is 0.240 e. The molecule has 0 atom stereocenters. The van der Waals surface area contributed by atoms with Crippen LogP contribution in [-0.2, 0) is 9.59 Å². The van der Waals surface area contributed by atoms with Crippen LogP contribution in [0.2, 0.25) is 0 Å². The van der Waals surface area contributed by atoms with Crippen molar-refractivity contribution in [1.29, 1.82) is 0 Å². The Labute approximate surface area is 103 Å². The van der Waals surface area contributed by atoms with Crippen molar-refractivity contribution in [3.63, 3.8) is 0 Å². The Hall–Kier alpha value is -1.10. The largest absolute Gasteiger partial charge is 0.354 e. The van der Waals surface area contributed by atoms with E-state index < -0.39 is 5.54 Å². The Bertz CT molecular complexity index is 283. The highest BCUT2D eigenvalue weighted by Crippen LogP contribution is 2.25. The van der Waals surface area contributed by atoms with E-state index in [0.29, 0.717) is 13.0 Å². The number of nitrogens with one attached hydrogen (secondary N) is 1. The van der Waals surface area contributed by atoms with Gasteiger partial charge in [-0.3, -0.25) is 9.59 Å². The van der Waals surface area contributed by atoms with Crippen LogP contribution in [0, 0.1) is 0 Å². The summed E-state index contributed by atoms with van der Waals surface area (Å²) in [7, 11) is 3.41. The van der Waals surface area contributed by atoms with Crippen LogP contribution < -0.4 is 11.1 Å². The molecule has 0 unspecified atom stereocenters. The molecule has 17 heavy (non-hydrogen) atoms. The van der Waals surface area contributed by atoms with Gasteiger partial charge >= 0.3 is 0 Å². The molecule has 0 bridgehead atoms. The fourth-order valence-corrected chi connectivity index (χ4v) is 2.09. The number of nitrogens with zero attached hydrogens (tertiary/aromatic N) is 1. The number of rotatable bonds is 4. The van der Waals surface area contributed by atoms with Crippen LogP contribution >= 0.6 is 0 Å². The Balaban J connectivity index is 2.31. The highest BCUT2D eigenvalue weighted by Gasteiger charge is 2.34. The van der Waals surface area contributed by atoms with Gasteiger partial charge in [-0.15, -0.1) is 0 Å². The fraction of sp³-hybridized carbons (Fsp3) is 0.833. The van der Waals surface area contributed by atoms with Crippen molar-refractivity contribution < 1.29 is 9.59 Å². The average molecular weight is 241 g/mol. The molecule has 3 N–H and O–H groups in total. The number of amides is 2. The monoisotopic (exact) mass is 241 g/mol. The Morgan fingerprint density at radius 3 is 2.35 bits per heavy atom. The number of hydrogen-bond donors (Lipinski definition) is 2. The first-order valence-electron chi connectivity index (χ1n) is 6.23. The average Bonchev–Trinajstić information content (AvgIpc) is 2.29. The predicted molar refractivity (Wildman–Crippen MR) is 66.3 cm³/mol. The molecule has 1 aliphatic carbocycles. The second-order valence-electron chi connectivity index (χ2n) is 5.01. The zero-order valence-corrected chi connectivity index (χ0v) is 10.8. The first-order valence-corrected chi connectivity index (χ1v) is 6.23. The summed E-state index contributed by atoms with van der Waals surface area (Å²) in [5.74, 6) is -0.0937. The van der Waals surface area contributed by atoms with Crippen LogP contribution in [-0.4, -0.2) is 42.9 Å². The molecule has 0 spiro atoms. The topological polar surface area (TPSA) is 75.4 Å². The van der Waals surface area contributed by atoms with Crippen molar-refractivity contribution in [2.75, 3.05) is 20.6 Å². The van der Waals surface area contributed by atoms with E-state index in [1.54, 1.807) is 14.1 Å². The molecule has 2 amide bonds. The van der Waals surface area contributed by atoms with E-state index in [9.17, 15) is 9.59 Å². The van der Waals surface area contributed by atoms with Crippen LogP contribution in [0.4, 0.5) is 0 Å². The van der Waals surface area contributed by atoms with Gasteiger partial charge in [0.1, 0.15) is 0 Å². The molecule has 1 aliphatic rings. The zero-order valence-electron chi connectivity index (χ0n) is 10.8. The van der Waals surface area contributed by atoms with Gasteiger partial charge in [-0.2, -0.15) is 0 Å². The van der Waals surface area contributed by atoms with Crippen molar-refractivity contribution in [2.45, 2.75) is 44.1 Å². The molecule has 0 aliphatic heterocycles. The zero-order chi connectivity index (χ0) is 12.9. The first-order chi connectivity index (χ1) is 7.96. The third-order valence-electron chi connectivity index (χ3n) is 3.32. The Morgan fingerprint density at radius 1 is 1.24 bits per heavy atom. The van der Waals surface area contributed by atoms with Gasteiger partial charge in [-0.1, -0.05) is 19.3 Å². The summed E-state index contributed by atoms with van der Waals surface area (Å²) in [6.07, 6.45) is 5.02. The third kappa shape index (κ3) is 4.00. The van der Waals surface area contributed by atoms with Crippen LogP contribution in [0.25, 0.3) is 0 Å². The molecule has 1 fully saturated rings. The minimum atomic E-state index is -0.709. The molecule has 0 aromatic heterocycles. The van der Waals surface area contributed by atoms with Crippen LogP contribution in [0.3, 0.4) is 0 Å². The van der Waals surface area contributed by atoms with Gasteiger partial charge in [0.25, 0.3) is 0 Å². The number of hydrogen-bond acceptors (Lipinski definition) is 3. The third-order valence-corrected chi connectivity index (χ3v) is 3.32. The lowest BCUT2D eigenvalue weighted by atomic mass is 9.82. The van der Waals surface area contributed by atoms with E-state index in [2.05, 4.69) is 5.32 Å². The van der Waals surface area contributed by atoms with Crippen LogP contribution in [0.15, 0.2) is 0 Å². The molecule has 0 heterocycles. The highest BCUT2D eigenvalue weighted by molar-refractivity contribution is 5.86. The van der Waals surface area contributed by atoms with E-state index in [0.717, 1.165) is 32.1 Å². The molecule has 0 aromatic carbocycles. The van der Waals surface area contributed by atoms with Crippen LogP contribution in [0.1, 0.15) is 38.5 Å². The van der Waals surface area contributed by atoms with Gasteiger partial charge in [0.15, 0.2) is 0 Å². The molecular weight excluding hydrogens is 218 g/mol. The second kappa shape index (κ2) is 6.00. The number of carbonyl (C=O) groups excluding carboxylic acids is 2. The summed E-state index contributed by atoms with van der Waals surface area (Å²) in [6, 6.07) is 0. The first kappa shape index (κ1) is 14.0. The molecule has 1 saturated carbocycles. The normalized spacial score (nSPS) is 18.5. The summed E-state index contributed by atoms with van der Waals surface area (Å²) in [4.78, 5) is 24.8. The van der Waals surface area contributed by atoms with Crippen molar-refractivity contribution >= 4 is 11.8 Å². The maximum absolute atomic E-state index is 11.9. The lowest BCUT2D eigenvalue weighted by Crippen LogP contribution is -2.55. The maximum Gasteiger partial charge on any atom is 0.240 e. The summed E-state index contributed by atoms with van der Waals surface area (Å²) in [6.45, 7) is 0.370. The fourth-order valence-electron chi connectivity index (χ4n) is 2.09. The summed E-state index contributed by atoms with van der Waals surface area (Å²) >= 11 is 0. The summed E-state index contributed by atoms with van der Waals surface area (Å²) in [5, 5.41) is 2.77. The second-order valence-corrected chi connectivity index (χ2v) is 5.01.